The fourth-order valence-electron chi connectivity index (χ4n) is 3.90. The molecule has 0 saturated carbocycles. The molecule has 0 aromatic heterocycles. The van der Waals surface area contributed by atoms with Gasteiger partial charge in [-0.3, -0.25) is 14.4 Å². The van der Waals surface area contributed by atoms with E-state index in [-0.39, 0.29) is 18.7 Å². The maximum atomic E-state index is 14.0. The molecule has 2 atom stereocenters. The van der Waals surface area contributed by atoms with E-state index in [2.05, 4.69) is 10.6 Å². The van der Waals surface area contributed by atoms with Crippen LogP contribution in [-0.4, -0.2) is 51.9 Å². The number of hydrogen-bond acceptors (Lipinski definition) is 5. The van der Waals surface area contributed by atoms with Crippen molar-refractivity contribution in [3.05, 3.63) is 34.9 Å². The third kappa shape index (κ3) is 10.3. The average Bonchev–Trinajstić information content (AvgIpc) is 2.64. The highest BCUT2D eigenvalue weighted by molar-refractivity contribution is 5.93. The number of carbonyl (C=O) groups is 4. The fourth-order valence-corrected chi connectivity index (χ4v) is 3.90. The summed E-state index contributed by atoms with van der Waals surface area (Å²) in [6.45, 7) is 18.2. The normalized spacial score (nSPS) is 13.5. The number of nitrogens with two attached hydrogens (primary N) is 1. The molecule has 0 saturated heterocycles. The van der Waals surface area contributed by atoms with E-state index in [1.165, 1.54) is 4.90 Å². The van der Waals surface area contributed by atoms with Crippen LogP contribution in [0.25, 0.3) is 0 Å². The summed E-state index contributed by atoms with van der Waals surface area (Å²) in [5.41, 5.74) is 6.57. The SMILES string of the molecule is Cc1cc(C)cc(C(C(=O)NC(C)(C)C)N(C(=O)C(CCC(N)=O)NC(=O)OC(C)(C)C)C(C)C)c1. The lowest BCUT2D eigenvalue weighted by atomic mass is 9.96. The van der Waals surface area contributed by atoms with E-state index in [9.17, 15) is 19.2 Å². The summed E-state index contributed by atoms with van der Waals surface area (Å²) in [6.07, 6.45) is -0.950. The molecule has 0 spiro atoms. The summed E-state index contributed by atoms with van der Waals surface area (Å²) in [5.74, 6) is -1.46. The highest BCUT2D eigenvalue weighted by atomic mass is 16.6. The van der Waals surface area contributed by atoms with Crippen molar-refractivity contribution >= 4 is 23.8 Å². The van der Waals surface area contributed by atoms with Gasteiger partial charge >= 0.3 is 6.09 Å². The monoisotopic (exact) mass is 504 g/mol. The number of nitrogens with one attached hydrogen (secondary N) is 2. The van der Waals surface area contributed by atoms with Crippen LogP contribution in [0.5, 0.6) is 0 Å². The Labute approximate surface area is 215 Å². The minimum atomic E-state index is -1.12. The molecule has 9 heteroatoms. The first-order valence-corrected chi connectivity index (χ1v) is 12.3. The van der Waals surface area contributed by atoms with E-state index in [1.54, 1.807) is 34.6 Å². The zero-order valence-corrected chi connectivity index (χ0v) is 23.4. The van der Waals surface area contributed by atoms with E-state index >= 15 is 0 Å². The van der Waals surface area contributed by atoms with Crippen LogP contribution >= 0.6 is 0 Å². The molecule has 0 aliphatic rings. The van der Waals surface area contributed by atoms with Gasteiger partial charge in [0.25, 0.3) is 0 Å². The summed E-state index contributed by atoms with van der Waals surface area (Å²) >= 11 is 0. The summed E-state index contributed by atoms with van der Waals surface area (Å²) in [7, 11) is 0. The minimum absolute atomic E-state index is 0.0307. The first kappa shape index (κ1) is 30.9. The summed E-state index contributed by atoms with van der Waals surface area (Å²) < 4.78 is 5.34. The molecule has 1 rings (SSSR count). The number of amides is 4. The number of alkyl carbamates (subject to hydrolysis) is 1. The molecular formula is C27H44N4O5. The predicted molar refractivity (Wildman–Crippen MR) is 140 cm³/mol. The van der Waals surface area contributed by atoms with Crippen LogP contribution in [-0.2, 0) is 19.1 Å². The zero-order chi connectivity index (χ0) is 28.0. The molecule has 202 valence electrons. The van der Waals surface area contributed by atoms with E-state index in [0.717, 1.165) is 11.1 Å². The van der Waals surface area contributed by atoms with Crippen LogP contribution in [0.15, 0.2) is 18.2 Å². The van der Waals surface area contributed by atoms with Crippen molar-refractivity contribution in [2.75, 3.05) is 0 Å². The van der Waals surface area contributed by atoms with Gasteiger partial charge in [-0.25, -0.2) is 4.79 Å². The van der Waals surface area contributed by atoms with Crippen molar-refractivity contribution in [1.29, 1.82) is 0 Å². The second-order valence-electron chi connectivity index (χ2n) is 11.6. The van der Waals surface area contributed by atoms with E-state index < -0.39 is 47.2 Å². The van der Waals surface area contributed by atoms with E-state index in [0.29, 0.717) is 5.56 Å². The number of hydrogen-bond donors (Lipinski definition) is 3. The van der Waals surface area contributed by atoms with Crippen molar-refractivity contribution in [2.45, 2.75) is 111 Å². The van der Waals surface area contributed by atoms with Crippen molar-refractivity contribution < 1.29 is 23.9 Å². The van der Waals surface area contributed by atoms with Crippen molar-refractivity contribution in [3.8, 4) is 0 Å². The summed E-state index contributed by atoms with van der Waals surface area (Å²) in [6, 6.07) is 3.25. The lowest BCUT2D eigenvalue weighted by molar-refractivity contribution is -0.145. The highest BCUT2D eigenvalue weighted by Crippen LogP contribution is 2.28. The van der Waals surface area contributed by atoms with E-state index in [1.807, 2.05) is 52.8 Å². The molecule has 36 heavy (non-hydrogen) atoms. The molecule has 4 amide bonds. The fraction of sp³-hybridized carbons (Fsp3) is 0.630. The topological polar surface area (TPSA) is 131 Å². The van der Waals surface area contributed by atoms with Crippen molar-refractivity contribution in [1.82, 2.24) is 15.5 Å². The van der Waals surface area contributed by atoms with Gasteiger partial charge in [0.1, 0.15) is 17.7 Å². The number of ether oxygens (including phenoxy) is 1. The molecule has 0 radical (unpaired) electrons. The van der Waals surface area contributed by atoms with Gasteiger partial charge in [-0.15, -0.1) is 0 Å². The zero-order valence-electron chi connectivity index (χ0n) is 23.4. The maximum absolute atomic E-state index is 14.0. The second kappa shape index (κ2) is 12.2. The van der Waals surface area contributed by atoms with Crippen LogP contribution in [0.4, 0.5) is 4.79 Å². The quantitative estimate of drug-likeness (QED) is 0.472. The smallest absolute Gasteiger partial charge is 0.408 e. The Balaban J connectivity index is 3.57. The van der Waals surface area contributed by atoms with Gasteiger partial charge in [-0.1, -0.05) is 29.3 Å². The van der Waals surface area contributed by atoms with Crippen LogP contribution in [0.3, 0.4) is 0 Å². The van der Waals surface area contributed by atoms with Crippen molar-refractivity contribution in [3.63, 3.8) is 0 Å². The Morgan fingerprint density at radius 2 is 1.50 bits per heavy atom. The maximum Gasteiger partial charge on any atom is 0.408 e. The van der Waals surface area contributed by atoms with E-state index in [4.69, 9.17) is 10.5 Å². The third-order valence-corrected chi connectivity index (χ3v) is 5.06. The van der Waals surface area contributed by atoms with Crippen LogP contribution in [0, 0.1) is 13.8 Å². The number of aryl methyl sites for hydroxylation is 2. The molecule has 1 aromatic rings. The molecule has 0 fully saturated rings. The van der Waals surface area contributed by atoms with Gasteiger partial charge in [0.15, 0.2) is 0 Å². The predicted octanol–water partition coefficient (Wildman–Crippen LogP) is 3.66. The Bertz CT molecular complexity index is 940. The van der Waals surface area contributed by atoms with Gasteiger partial charge in [0.2, 0.25) is 17.7 Å². The Kier molecular flexibility index (Phi) is 10.5. The van der Waals surface area contributed by atoms with Gasteiger partial charge < -0.3 is 26.0 Å². The van der Waals surface area contributed by atoms with Gasteiger partial charge in [-0.2, -0.15) is 0 Å². The lowest BCUT2D eigenvalue weighted by Gasteiger charge is -2.38. The Morgan fingerprint density at radius 1 is 0.972 bits per heavy atom. The van der Waals surface area contributed by atoms with Crippen LogP contribution in [0.2, 0.25) is 0 Å². The summed E-state index contributed by atoms with van der Waals surface area (Å²) in [5, 5.41) is 5.58. The lowest BCUT2D eigenvalue weighted by Crippen LogP contribution is -2.56. The second-order valence-corrected chi connectivity index (χ2v) is 11.6. The molecule has 0 aliphatic carbocycles. The highest BCUT2D eigenvalue weighted by Gasteiger charge is 2.38. The first-order valence-electron chi connectivity index (χ1n) is 12.3. The Hall–Kier alpha value is -3.10. The minimum Gasteiger partial charge on any atom is -0.444 e. The summed E-state index contributed by atoms with van der Waals surface area (Å²) in [4.78, 5) is 53.2. The molecule has 0 bridgehead atoms. The molecule has 4 N–H and O–H groups in total. The number of primary amides is 1. The standard InChI is InChI=1S/C27H44N4O5/c1-16(2)31(24(34)20(11-12-21(28)32)29-25(35)36-27(8,9)10)22(23(33)30-26(5,6)7)19-14-17(3)13-18(4)15-19/h13-16,20,22H,11-12H2,1-10H3,(H2,28,32)(H,29,35)(H,30,33). The average molecular weight is 505 g/mol. The van der Waals surface area contributed by atoms with Gasteiger partial charge in [0, 0.05) is 18.0 Å². The van der Waals surface area contributed by atoms with Crippen LogP contribution in [0.1, 0.15) is 91.0 Å². The molecule has 2 unspecified atom stereocenters. The first-order chi connectivity index (χ1) is 16.3. The molecule has 9 nitrogen and oxygen atoms in total. The molecular weight excluding hydrogens is 460 g/mol. The Morgan fingerprint density at radius 3 is 1.92 bits per heavy atom. The molecule has 0 heterocycles. The number of nitrogens with zero attached hydrogens (tertiary/aromatic N) is 1. The number of carbonyl (C=O) groups excluding carboxylic acids is 4. The van der Waals surface area contributed by atoms with Gasteiger partial charge in [0.05, 0.1) is 0 Å². The largest absolute Gasteiger partial charge is 0.444 e. The number of benzene rings is 1. The van der Waals surface area contributed by atoms with Gasteiger partial charge in [-0.05, 0) is 81.2 Å². The third-order valence-electron chi connectivity index (χ3n) is 5.06. The number of rotatable bonds is 9. The van der Waals surface area contributed by atoms with Crippen LogP contribution < -0.4 is 16.4 Å². The molecule has 1 aromatic carbocycles. The molecule has 0 aliphatic heterocycles. The van der Waals surface area contributed by atoms with Crippen molar-refractivity contribution in [2.24, 2.45) is 5.73 Å².